The first-order valence-electron chi connectivity index (χ1n) is 7.60. The molecule has 0 aliphatic carbocycles. The molecule has 2 aromatic heterocycles. The summed E-state index contributed by atoms with van der Waals surface area (Å²) in [6.45, 7) is 0. The molecule has 8 heteroatoms. The number of hydrogen-bond donors (Lipinski definition) is 0. The summed E-state index contributed by atoms with van der Waals surface area (Å²) in [5, 5.41) is 9.08. The minimum absolute atomic E-state index is 0.295. The Bertz CT molecular complexity index is 932. The Balaban J connectivity index is 1.42. The Morgan fingerprint density at radius 3 is 2.42 bits per heavy atom. The van der Waals surface area contributed by atoms with E-state index in [1.807, 2.05) is 12.1 Å². The maximum absolute atomic E-state index is 13.0. The maximum atomic E-state index is 13.0. The molecule has 0 aliphatic heterocycles. The van der Waals surface area contributed by atoms with Crippen LogP contribution in [0.4, 0.5) is 4.39 Å². The second kappa shape index (κ2) is 7.31. The summed E-state index contributed by atoms with van der Waals surface area (Å²) in [7, 11) is 0. The molecule has 0 fully saturated rings. The van der Waals surface area contributed by atoms with Gasteiger partial charge in [-0.15, -0.1) is 10.2 Å². The van der Waals surface area contributed by atoms with Gasteiger partial charge in [0.05, 0.1) is 11.9 Å². The zero-order chi connectivity index (χ0) is 17.9. The molecular formula is C18H11ClFN3O2S. The van der Waals surface area contributed by atoms with Crippen LogP contribution in [0.1, 0.15) is 5.89 Å². The van der Waals surface area contributed by atoms with Gasteiger partial charge in [-0.25, -0.2) is 9.37 Å². The van der Waals surface area contributed by atoms with Gasteiger partial charge in [0, 0.05) is 16.1 Å². The fourth-order valence-corrected chi connectivity index (χ4v) is 2.97. The van der Waals surface area contributed by atoms with Gasteiger partial charge in [0.1, 0.15) is 5.82 Å². The number of nitrogens with zero attached hydrogens (tertiary/aromatic N) is 3. The van der Waals surface area contributed by atoms with Crippen molar-refractivity contribution >= 4 is 23.4 Å². The Morgan fingerprint density at radius 1 is 0.923 bits per heavy atom. The third-order valence-electron chi connectivity index (χ3n) is 3.50. The van der Waals surface area contributed by atoms with Crippen LogP contribution >= 0.6 is 23.4 Å². The van der Waals surface area contributed by atoms with E-state index in [1.165, 1.54) is 23.9 Å². The molecule has 0 aliphatic rings. The molecule has 0 bridgehead atoms. The van der Waals surface area contributed by atoms with E-state index in [1.54, 1.807) is 30.5 Å². The molecule has 0 amide bonds. The minimum Gasteiger partial charge on any atom is -0.440 e. The van der Waals surface area contributed by atoms with E-state index >= 15 is 0 Å². The largest absolute Gasteiger partial charge is 0.440 e. The molecule has 2 aromatic carbocycles. The predicted octanol–water partition coefficient (Wildman–Crippen LogP) is 5.48. The fraction of sp³-hybridized carbons (Fsp3) is 0.0556. The number of hydrogen-bond acceptors (Lipinski definition) is 6. The first-order valence-corrected chi connectivity index (χ1v) is 8.96. The third kappa shape index (κ3) is 3.79. The lowest BCUT2D eigenvalue weighted by molar-refractivity contribution is 0.464. The van der Waals surface area contributed by atoms with E-state index < -0.39 is 0 Å². The van der Waals surface area contributed by atoms with Crippen molar-refractivity contribution in [1.29, 1.82) is 0 Å². The highest BCUT2D eigenvalue weighted by molar-refractivity contribution is 7.98. The number of oxazole rings is 1. The number of benzene rings is 2. The van der Waals surface area contributed by atoms with Crippen molar-refractivity contribution in [3.8, 4) is 22.8 Å². The number of aromatic nitrogens is 3. The summed E-state index contributed by atoms with van der Waals surface area (Å²) in [6, 6.07) is 13.2. The molecule has 0 unspecified atom stereocenters. The van der Waals surface area contributed by atoms with Gasteiger partial charge in [0.2, 0.25) is 11.8 Å². The highest BCUT2D eigenvalue weighted by atomic mass is 35.5. The van der Waals surface area contributed by atoms with Crippen LogP contribution in [0.5, 0.6) is 0 Å². The third-order valence-corrected chi connectivity index (χ3v) is 4.55. The topological polar surface area (TPSA) is 65.0 Å². The smallest absolute Gasteiger partial charge is 0.277 e. The molecule has 2 heterocycles. The molecule has 0 spiro atoms. The Hall–Kier alpha value is -2.64. The van der Waals surface area contributed by atoms with Crippen LogP contribution in [0.25, 0.3) is 22.8 Å². The number of rotatable bonds is 5. The SMILES string of the molecule is Fc1ccc(-c2cnc(CSc3nnc(-c4ccc(Cl)cc4)o3)o2)cc1. The molecule has 0 saturated heterocycles. The zero-order valence-electron chi connectivity index (χ0n) is 13.2. The van der Waals surface area contributed by atoms with Crippen molar-refractivity contribution in [3.05, 3.63) is 71.5 Å². The lowest BCUT2D eigenvalue weighted by Gasteiger charge is -1.96. The van der Waals surface area contributed by atoms with Crippen molar-refractivity contribution in [1.82, 2.24) is 15.2 Å². The van der Waals surface area contributed by atoms with Gasteiger partial charge in [-0.05, 0) is 48.5 Å². The molecule has 4 rings (SSSR count). The van der Waals surface area contributed by atoms with Crippen LogP contribution in [0, 0.1) is 5.82 Å². The standard InChI is InChI=1S/C18H11ClFN3O2S/c19-13-5-1-12(2-6-13)17-22-23-18(25-17)26-10-16-21-9-15(24-16)11-3-7-14(20)8-4-11/h1-9H,10H2. The molecular weight excluding hydrogens is 377 g/mol. The summed E-state index contributed by atoms with van der Waals surface area (Å²) < 4.78 is 24.3. The highest BCUT2D eigenvalue weighted by Crippen LogP contribution is 2.28. The van der Waals surface area contributed by atoms with Gasteiger partial charge < -0.3 is 8.83 Å². The first kappa shape index (κ1) is 16.8. The zero-order valence-corrected chi connectivity index (χ0v) is 14.8. The second-order valence-corrected chi connectivity index (χ2v) is 6.66. The van der Waals surface area contributed by atoms with Crippen LogP contribution in [0.15, 0.2) is 68.8 Å². The fourth-order valence-electron chi connectivity index (χ4n) is 2.23. The minimum atomic E-state index is -0.295. The molecule has 0 atom stereocenters. The summed E-state index contributed by atoms with van der Waals surface area (Å²) >= 11 is 7.19. The van der Waals surface area contributed by atoms with E-state index in [0.717, 1.165) is 11.1 Å². The monoisotopic (exact) mass is 387 g/mol. The van der Waals surface area contributed by atoms with E-state index in [0.29, 0.717) is 33.5 Å². The average molecular weight is 388 g/mol. The summed E-state index contributed by atoms with van der Waals surface area (Å²) in [4.78, 5) is 4.22. The van der Waals surface area contributed by atoms with Crippen LogP contribution < -0.4 is 0 Å². The summed E-state index contributed by atoms with van der Waals surface area (Å²) in [5.74, 6) is 1.65. The normalized spacial score (nSPS) is 11.0. The van der Waals surface area contributed by atoms with Crippen LogP contribution in [0.2, 0.25) is 5.02 Å². The van der Waals surface area contributed by atoms with Gasteiger partial charge in [0.15, 0.2) is 5.76 Å². The van der Waals surface area contributed by atoms with E-state index in [4.69, 9.17) is 20.4 Å². The van der Waals surface area contributed by atoms with Crippen molar-refractivity contribution in [3.63, 3.8) is 0 Å². The predicted molar refractivity (Wildman–Crippen MR) is 96.2 cm³/mol. The second-order valence-electron chi connectivity index (χ2n) is 5.29. The Morgan fingerprint density at radius 2 is 1.65 bits per heavy atom. The van der Waals surface area contributed by atoms with E-state index in [9.17, 15) is 4.39 Å². The summed E-state index contributed by atoms with van der Waals surface area (Å²) in [6.07, 6.45) is 1.61. The van der Waals surface area contributed by atoms with Crippen molar-refractivity contribution in [2.75, 3.05) is 0 Å². The van der Waals surface area contributed by atoms with Gasteiger partial charge in [-0.1, -0.05) is 23.4 Å². The van der Waals surface area contributed by atoms with Crippen LogP contribution in [-0.4, -0.2) is 15.2 Å². The van der Waals surface area contributed by atoms with Crippen LogP contribution in [0.3, 0.4) is 0 Å². The quantitative estimate of drug-likeness (QED) is 0.423. The van der Waals surface area contributed by atoms with Gasteiger partial charge in [0.25, 0.3) is 5.22 Å². The highest BCUT2D eigenvalue weighted by Gasteiger charge is 2.12. The number of thioether (sulfide) groups is 1. The molecule has 4 aromatic rings. The maximum Gasteiger partial charge on any atom is 0.277 e. The molecule has 0 saturated carbocycles. The van der Waals surface area contributed by atoms with Crippen molar-refractivity contribution in [2.45, 2.75) is 11.0 Å². The van der Waals surface area contributed by atoms with Crippen molar-refractivity contribution in [2.24, 2.45) is 0 Å². The Labute approximate surface area is 157 Å². The lowest BCUT2D eigenvalue weighted by Crippen LogP contribution is -1.79. The van der Waals surface area contributed by atoms with Gasteiger partial charge >= 0.3 is 0 Å². The molecule has 5 nitrogen and oxygen atoms in total. The van der Waals surface area contributed by atoms with Gasteiger partial charge in [-0.2, -0.15) is 0 Å². The first-order chi connectivity index (χ1) is 12.7. The van der Waals surface area contributed by atoms with Gasteiger partial charge in [-0.3, -0.25) is 0 Å². The van der Waals surface area contributed by atoms with E-state index in [-0.39, 0.29) is 5.82 Å². The molecule has 0 N–H and O–H groups in total. The number of halogens is 2. The van der Waals surface area contributed by atoms with Crippen LogP contribution in [-0.2, 0) is 5.75 Å². The average Bonchev–Trinajstić information content (AvgIpc) is 3.31. The molecule has 0 radical (unpaired) electrons. The molecule has 26 heavy (non-hydrogen) atoms. The summed E-state index contributed by atoms with van der Waals surface area (Å²) in [5.41, 5.74) is 1.56. The van der Waals surface area contributed by atoms with E-state index in [2.05, 4.69) is 15.2 Å². The Kier molecular flexibility index (Phi) is 4.73. The van der Waals surface area contributed by atoms with Crippen molar-refractivity contribution < 1.29 is 13.2 Å². The lowest BCUT2D eigenvalue weighted by atomic mass is 10.2. The molecule has 130 valence electrons.